The van der Waals surface area contributed by atoms with Gasteiger partial charge in [-0.25, -0.2) is 8.96 Å². The van der Waals surface area contributed by atoms with E-state index in [1.54, 1.807) is 0 Å². The average molecular weight is 496 g/mol. The second-order valence-electron chi connectivity index (χ2n) is 7.38. The molecular formula is C21H23ClF4NO4P. The minimum atomic E-state index is -4.65. The van der Waals surface area contributed by atoms with E-state index in [1.165, 1.54) is 30.3 Å². The molecule has 0 aliphatic rings. The van der Waals surface area contributed by atoms with Crippen molar-refractivity contribution in [1.29, 1.82) is 0 Å². The van der Waals surface area contributed by atoms with Crippen LogP contribution in [0, 0.1) is 5.82 Å². The van der Waals surface area contributed by atoms with Crippen LogP contribution < -0.4 is 10.5 Å². The van der Waals surface area contributed by atoms with Crippen LogP contribution in [0.2, 0.25) is 5.02 Å². The number of hydrogen-bond donors (Lipinski definition) is 2. The summed E-state index contributed by atoms with van der Waals surface area (Å²) in [4.78, 5) is 0. The van der Waals surface area contributed by atoms with Crippen LogP contribution in [-0.4, -0.2) is 30.5 Å². The molecule has 176 valence electrons. The summed E-state index contributed by atoms with van der Waals surface area (Å²) in [5.74, 6) is -0.767. The lowest BCUT2D eigenvalue weighted by molar-refractivity contribution is -0.139. The Morgan fingerprint density at radius 3 is 2.53 bits per heavy atom. The number of rotatable bonds is 12. The van der Waals surface area contributed by atoms with Gasteiger partial charge >= 0.3 is 14.9 Å². The minimum absolute atomic E-state index is 0.0451. The highest BCUT2D eigenvalue weighted by molar-refractivity contribution is 7.17. The summed E-state index contributed by atoms with van der Waals surface area (Å²) >= 11 is 5.83. The molecule has 2 aromatic rings. The summed E-state index contributed by atoms with van der Waals surface area (Å²) in [6, 6.07) is 7.79. The molecule has 0 bridgehead atoms. The lowest BCUT2D eigenvalue weighted by atomic mass is 9.93. The lowest BCUT2D eigenvalue weighted by Gasteiger charge is -2.25. The molecule has 32 heavy (non-hydrogen) atoms. The standard InChI is InChI=1S/C21H23ClF4NO4P/c22-16-4-5-18(23)15(11-16)2-1-9-30-19-6-3-14(10-17(19)21(24,25)26)7-8-20(27,12-28)13-31-32-29/h3-6,10-11,28H,1-2,7-9,12-13,27H2. The van der Waals surface area contributed by atoms with Crippen LogP contribution in [0.25, 0.3) is 0 Å². The molecule has 0 saturated carbocycles. The van der Waals surface area contributed by atoms with E-state index in [4.69, 9.17) is 22.1 Å². The third kappa shape index (κ3) is 7.98. The zero-order valence-electron chi connectivity index (χ0n) is 17.0. The molecular weight excluding hydrogens is 473 g/mol. The molecule has 2 aromatic carbocycles. The molecule has 11 heteroatoms. The van der Waals surface area contributed by atoms with Crippen LogP contribution in [0.5, 0.6) is 5.75 Å². The smallest absolute Gasteiger partial charge is 0.419 e. The molecule has 1 atom stereocenters. The molecule has 0 spiro atoms. The third-order valence-corrected chi connectivity index (χ3v) is 5.31. The predicted octanol–water partition coefficient (Wildman–Crippen LogP) is 5.36. The number of alkyl halides is 3. The molecule has 0 aliphatic heterocycles. The van der Waals surface area contributed by atoms with Crippen LogP contribution in [0.3, 0.4) is 0 Å². The number of nitrogens with two attached hydrogens (primary N) is 1. The Bertz CT molecular complexity index is 916. The number of aryl methyl sites for hydroxylation is 2. The van der Waals surface area contributed by atoms with Crippen molar-refractivity contribution in [2.75, 3.05) is 19.8 Å². The zero-order valence-corrected chi connectivity index (χ0v) is 18.7. The van der Waals surface area contributed by atoms with Crippen LogP contribution in [-0.2, 0) is 28.1 Å². The topological polar surface area (TPSA) is 81.8 Å². The number of hydrogen-bond acceptors (Lipinski definition) is 5. The van der Waals surface area contributed by atoms with Crippen molar-refractivity contribution in [3.8, 4) is 5.75 Å². The number of benzene rings is 2. The first-order valence-electron chi connectivity index (χ1n) is 9.69. The van der Waals surface area contributed by atoms with Crippen molar-refractivity contribution in [2.24, 2.45) is 5.73 Å². The average Bonchev–Trinajstić information content (AvgIpc) is 2.75. The van der Waals surface area contributed by atoms with E-state index in [1.807, 2.05) is 0 Å². The van der Waals surface area contributed by atoms with Gasteiger partial charge in [-0.1, -0.05) is 17.7 Å². The summed E-state index contributed by atoms with van der Waals surface area (Å²) in [5.41, 5.74) is 4.46. The fourth-order valence-corrected chi connectivity index (χ4v) is 3.51. The Hall–Kier alpha value is -1.77. The summed E-state index contributed by atoms with van der Waals surface area (Å²) in [6.07, 6.45) is -3.85. The Balaban J connectivity index is 2.03. The summed E-state index contributed by atoms with van der Waals surface area (Å²) in [6.45, 7) is -0.741. The van der Waals surface area contributed by atoms with E-state index in [2.05, 4.69) is 4.52 Å². The largest absolute Gasteiger partial charge is 0.493 e. The van der Waals surface area contributed by atoms with Gasteiger partial charge in [0, 0.05) is 5.02 Å². The van der Waals surface area contributed by atoms with Gasteiger partial charge in [-0.05, 0) is 67.1 Å². The van der Waals surface area contributed by atoms with Crippen LogP contribution in [0.1, 0.15) is 29.5 Å². The molecule has 0 saturated heterocycles. The van der Waals surface area contributed by atoms with Crippen LogP contribution in [0.4, 0.5) is 17.6 Å². The molecule has 0 aliphatic carbocycles. The van der Waals surface area contributed by atoms with Gasteiger partial charge < -0.3 is 15.6 Å². The van der Waals surface area contributed by atoms with E-state index in [9.17, 15) is 27.2 Å². The number of aliphatic hydroxyl groups is 1. The van der Waals surface area contributed by atoms with E-state index in [-0.39, 0.29) is 38.2 Å². The van der Waals surface area contributed by atoms with Gasteiger partial charge in [0.2, 0.25) is 0 Å². The summed E-state index contributed by atoms with van der Waals surface area (Å²) < 4.78 is 74.8. The van der Waals surface area contributed by atoms with E-state index in [0.717, 1.165) is 6.07 Å². The maximum Gasteiger partial charge on any atom is 0.419 e. The first-order chi connectivity index (χ1) is 15.1. The molecule has 0 amide bonds. The van der Waals surface area contributed by atoms with E-state index in [0.29, 0.717) is 22.6 Å². The zero-order chi connectivity index (χ0) is 23.8. The van der Waals surface area contributed by atoms with Crippen LogP contribution in [0.15, 0.2) is 36.4 Å². The van der Waals surface area contributed by atoms with Crippen molar-refractivity contribution in [3.05, 3.63) is 63.9 Å². The quantitative estimate of drug-likeness (QED) is 0.235. The Kier molecular flexibility index (Phi) is 9.85. The van der Waals surface area contributed by atoms with Crippen molar-refractivity contribution < 1.29 is 36.5 Å². The van der Waals surface area contributed by atoms with Gasteiger partial charge in [-0.3, -0.25) is 4.52 Å². The lowest BCUT2D eigenvalue weighted by Crippen LogP contribution is -2.47. The Morgan fingerprint density at radius 2 is 1.88 bits per heavy atom. The van der Waals surface area contributed by atoms with Gasteiger partial charge in [0.15, 0.2) is 0 Å². The molecule has 2 rings (SSSR count). The summed E-state index contributed by atoms with van der Waals surface area (Å²) in [5, 5.41) is 9.79. The fraction of sp³-hybridized carbons (Fsp3) is 0.429. The molecule has 5 nitrogen and oxygen atoms in total. The second-order valence-corrected chi connectivity index (χ2v) is 8.23. The normalized spacial score (nSPS) is 13.8. The SMILES string of the molecule is NC(CO)(CCc1ccc(OCCCc2cc(Cl)ccc2F)c(C(F)(F)F)c1)COP=O. The molecule has 3 N–H and O–H groups in total. The monoisotopic (exact) mass is 495 g/mol. The van der Waals surface area contributed by atoms with E-state index >= 15 is 0 Å². The Morgan fingerprint density at radius 1 is 1.12 bits per heavy atom. The molecule has 0 radical (unpaired) electrons. The van der Waals surface area contributed by atoms with Gasteiger partial charge in [0.25, 0.3) is 0 Å². The highest BCUT2D eigenvalue weighted by Gasteiger charge is 2.35. The van der Waals surface area contributed by atoms with Crippen molar-refractivity contribution in [3.63, 3.8) is 0 Å². The number of aliphatic hydroxyl groups excluding tert-OH is 1. The summed E-state index contributed by atoms with van der Waals surface area (Å²) in [7, 11) is -0.601. The highest BCUT2D eigenvalue weighted by atomic mass is 35.5. The van der Waals surface area contributed by atoms with E-state index < -0.39 is 38.4 Å². The van der Waals surface area contributed by atoms with Crippen LogP contribution >= 0.6 is 20.3 Å². The maximum atomic E-state index is 13.7. The first kappa shape index (κ1) is 26.5. The molecule has 0 aromatic heterocycles. The molecule has 0 heterocycles. The van der Waals surface area contributed by atoms with Gasteiger partial charge in [0.1, 0.15) is 11.6 Å². The molecule has 1 unspecified atom stereocenters. The second kappa shape index (κ2) is 11.9. The van der Waals surface area contributed by atoms with Gasteiger partial charge in [0.05, 0.1) is 30.9 Å². The number of ether oxygens (including phenoxy) is 1. The minimum Gasteiger partial charge on any atom is -0.493 e. The predicted molar refractivity (Wildman–Crippen MR) is 113 cm³/mol. The van der Waals surface area contributed by atoms with Crippen molar-refractivity contribution >= 4 is 20.3 Å². The first-order valence-corrected chi connectivity index (χ1v) is 10.8. The number of halogens is 5. The maximum absolute atomic E-state index is 13.7. The highest BCUT2D eigenvalue weighted by Crippen LogP contribution is 2.37. The third-order valence-electron chi connectivity index (χ3n) is 4.84. The van der Waals surface area contributed by atoms with Crippen molar-refractivity contribution in [2.45, 2.75) is 37.4 Å². The van der Waals surface area contributed by atoms with Gasteiger partial charge in [-0.2, -0.15) is 13.2 Å². The van der Waals surface area contributed by atoms with Gasteiger partial charge in [-0.15, -0.1) is 0 Å². The van der Waals surface area contributed by atoms with Crippen molar-refractivity contribution in [1.82, 2.24) is 0 Å². The molecule has 0 fully saturated rings. The Labute approximate surface area is 189 Å². The fourth-order valence-electron chi connectivity index (χ4n) is 3.00.